The number of hydrogen-bond donors (Lipinski definition) is 4. The number of rotatable bonds is 3. The van der Waals surface area contributed by atoms with Gasteiger partial charge in [0.05, 0.1) is 11.2 Å². The summed E-state index contributed by atoms with van der Waals surface area (Å²) in [6, 6.07) is 4.23. The maximum Gasteiger partial charge on any atom is 0.432 e. The second kappa shape index (κ2) is 7.22. The van der Waals surface area contributed by atoms with Crippen LogP contribution < -0.4 is 0 Å². The van der Waals surface area contributed by atoms with Crippen molar-refractivity contribution in [1.29, 1.82) is 0 Å². The fraction of sp³-hybridized carbons (Fsp3) is 0.600. The first-order chi connectivity index (χ1) is 8.96. The topological polar surface area (TPSA) is 80.9 Å². The van der Waals surface area contributed by atoms with Gasteiger partial charge in [-0.15, -0.1) is 0 Å². The van der Waals surface area contributed by atoms with E-state index in [1.807, 2.05) is 0 Å². The van der Waals surface area contributed by atoms with Crippen LogP contribution in [0.25, 0.3) is 0 Å². The lowest BCUT2D eigenvalue weighted by Gasteiger charge is -2.36. The molecule has 0 aliphatic carbocycles. The maximum absolute atomic E-state index is 10.4. The van der Waals surface area contributed by atoms with Crippen LogP contribution in [0.3, 0.4) is 0 Å². The Morgan fingerprint density at radius 1 is 0.950 bits per heavy atom. The quantitative estimate of drug-likeness (QED) is 0.621. The van der Waals surface area contributed by atoms with Gasteiger partial charge in [0.15, 0.2) is 0 Å². The van der Waals surface area contributed by atoms with Crippen LogP contribution in [0, 0.1) is 20.8 Å². The van der Waals surface area contributed by atoms with E-state index in [0.717, 1.165) is 5.56 Å². The zero-order chi connectivity index (χ0) is 16.1. The Morgan fingerprint density at radius 3 is 1.60 bits per heavy atom. The molecule has 0 saturated heterocycles. The van der Waals surface area contributed by atoms with Gasteiger partial charge in [0.25, 0.3) is 0 Å². The molecule has 1 atom stereocenters. The predicted molar refractivity (Wildman–Crippen MR) is 82.9 cm³/mol. The normalized spacial score (nSPS) is 14.1. The Balaban J connectivity index is 0.00000110. The summed E-state index contributed by atoms with van der Waals surface area (Å²) in [5, 5.41) is 34.6. The molecule has 0 heterocycles. The summed E-state index contributed by atoms with van der Waals surface area (Å²) >= 11 is 0. The first kappa shape index (κ1) is 19.1. The Bertz CT molecular complexity index is 413. The van der Waals surface area contributed by atoms with E-state index in [9.17, 15) is 10.2 Å². The van der Waals surface area contributed by atoms with Crippen molar-refractivity contribution in [3.63, 3.8) is 0 Å². The molecule has 1 rings (SSSR count). The van der Waals surface area contributed by atoms with Crippen molar-refractivity contribution in [1.82, 2.24) is 0 Å². The number of hydrogen-bond acceptors (Lipinski definition) is 4. The maximum atomic E-state index is 10.4. The van der Waals surface area contributed by atoms with E-state index in [2.05, 4.69) is 32.9 Å². The van der Waals surface area contributed by atoms with Gasteiger partial charge < -0.3 is 20.3 Å². The number of benzene rings is 1. The summed E-state index contributed by atoms with van der Waals surface area (Å²) in [4.78, 5) is 0. The van der Waals surface area contributed by atoms with Crippen molar-refractivity contribution in [2.24, 2.45) is 0 Å². The van der Waals surface area contributed by atoms with E-state index in [-0.39, 0.29) is 0 Å². The highest BCUT2D eigenvalue weighted by atomic mass is 16.4. The molecular formula is C15H27BO4. The van der Waals surface area contributed by atoms with E-state index in [4.69, 9.17) is 10.0 Å². The van der Waals surface area contributed by atoms with Crippen molar-refractivity contribution < 1.29 is 20.3 Å². The van der Waals surface area contributed by atoms with E-state index < -0.39 is 18.9 Å². The highest BCUT2D eigenvalue weighted by molar-refractivity contribution is 6.13. The summed E-state index contributed by atoms with van der Waals surface area (Å²) in [6.07, 6.45) is 0.467. The van der Waals surface area contributed by atoms with E-state index in [1.54, 1.807) is 20.8 Å². The average molecular weight is 282 g/mol. The minimum atomic E-state index is -1.13. The van der Waals surface area contributed by atoms with Crippen LogP contribution in [0.2, 0.25) is 0 Å². The average Bonchev–Trinajstić information content (AvgIpc) is 2.23. The summed E-state index contributed by atoms with van der Waals surface area (Å²) in [7, 11) is -0.750. The molecule has 0 aromatic heterocycles. The first-order valence-corrected chi connectivity index (χ1v) is 6.69. The van der Waals surface area contributed by atoms with Crippen LogP contribution in [-0.4, -0.2) is 39.1 Å². The molecule has 0 aliphatic rings. The zero-order valence-corrected chi connectivity index (χ0v) is 13.4. The van der Waals surface area contributed by atoms with Crippen molar-refractivity contribution in [2.45, 2.75) is 59.2 Å². The van der Waals surface area contributed by atoms with Crippen molar-refractivity contribution in [3.05, 3.63) is 34.4 Å². The molecule has 0 bridgehead atoms. The molecule has 1 unspecified atom stereocenters. The molecule has 5 heteroatoms. The van der Waals surface area contributed by atoms with Crippen LogP contribution >= 0.6 is 0 Å². The summed E-state index contributed by atoms with van der Waals surface area (Å²) in [6.45, 7) is 11.1. The van der Waals surface area contributed by atoms with Gasteiger partial charge in [-0.3, -0.25) is 0 Å². The second-order valence-corrected chi connectivity index (χ2v) is 6.03. The van der Waals surface area contributed by atoms with Gasteiger partial charge in [0.1, 0.15) is 0 Å². The van der Waals surface area contributed by atoms with Crippen molar-refractivity contribution in [2.75, 3.05) is 0 Å². The molecule has 114 valence electrons. The first-order valence-electron chi connectivity index (χ1n) is 6.69. The van der Waals surface area contributed by atoms with Crippen LogP contribution in [0.5, 0.6) is 0 Å². The molecule has 1 aromatic carbocycles. The third-order valence-electron chi connectivity index (χ3n) is 3.68. The summed E-state index contributed by atoms with van der Waals surface area (Å²) in [5.74, 6) is 0. The molecule has 0 fully saturated rings. The van der Waals surface area contributed by atoms with E-state index in [1.165, 1.54) is 16.7 Å². The minimum Gasteiger partial charge on any atom is -0.430 e. The molecule has 0 amide bonds. The van der Waals surface area contributed by atoms with Crippen LogP contribution in [-0.2, 0) is 6.42 Å². The van der Waals surface area contributed by atoms with Gasteiger partial charge in [-0.25, -0.2) is 0 Å². The molecular weight excluding hydrogens is 255 g/mol. The Hall–Kier alpha value is -0.875. The molecule has 0 radical (unpaired) electrons. The monoisotopic (exact) mass is 282 g/mol. The molecule has 0 saturated carbocycles. The second-order valence-electron chi connectivity index (χ2n) is 6.03. The number of aryl methyl sites for hydroxylation is 3. The minimum absolute atomic E-state index is 0.467. The zero-order valence-electron chi connectivity index (χ0n) is 13.4. The Kier molecular flexibility index (Phi) is 6.91. The summed E-state index contributed by atoms with van der Waals surface area (Å²) < 4.78 is 0. The van der Waals surface area contributed by atoms with Gasteiger partial charge in [-0.1, -0.05) is 17.7 Å². The lowest BCUT2D eigenvalue weighted by Crippen LogP contribution is -2.49. The van der Waals surface area contributed by atoms with E-state index >= 15 is 0 Å². The lowest BCUT2D eigenvalue weighted by molar-refractivity contribution is -0.119. The lowest BCUT2D eigenvalue weighted by atomic mass is 9.80. The standard InChI is InChI=1S/C15H24O2.BH3O2/c1-10-7-11(2)13(12(3)8-10)9-15(6,17)14(4,5)16;2-1-3/h7-8,16-17H,9H2,1-6H3;1-3H. The molecule has 20 heavy (non-hydrogen) atoms. The Labute approximate surface area is 122 Å². The number of aliphatic hydroxyl groups is 2. The fourth-order valence-electron chi connectivity index (χ4n) is 2.05. The van der Waals surface area contributed by atoms with Crippen LogP contribution in [0.15, 0.2) is 12.1 Å². The smallest absolute Gasteiger partial charge is 0.430 e. The van der Waals surface area contributed by atoms with Crippen molar-refractivity contribution >= 4 is 7.69 Å². The van der Waals surface area contributed by atoms with Gasteiger partial charge in [-0.05, 0) is 58.2 Å². The van der Waals surface area contributed by atoms with Crippen molar-refractivity contribution in [3.8, 4) is 0 Å². The predicted octanol–water partition coefficient (Wildman–Crippen LogP) is 0.914. The molecule has 1 aromatic rings. The largest absolute Gasteiger partial charge is 0.432 e. The van der Waals surface area contributed by atoms with Gasteiger partial charge in [-0.2, -0.15) is 0 Å². The third kappa shape index (κ3) is 5.25. The van der Waals surface area contributed by atoms with E-state index in [0.29, 0.717) is 6.42 Å². The molecule has 0 aliphatic heterocycles. The molecule has 4 nitrogen and oxygen atoms in total. The SMILES string of the molecule is Cc1cc(C)c(CC(C)(O)C(C)(C)O)c(C)c1.OBO. The van der Waals surface area contributed by atoms with Crippen LogP contribution in [0.1, 0.15) is 43.0 Å². The fourth-order valence-corrected chi connectivity index (χ4v) is 2.05. The highest BCUT2D eigenvalue weighted by Crippen LogP contribution is 2.28. The molecule has 0 spiro atoms. The highest BCUT2D eigenvalue weighted by Gasteiger charge is 2.38. The van der Waals surface area contributed by atoms with Gasteiger partial charge >= 0.3 is 7.69 Å². The van der Waals surface area contributed by atoms with Gasteiger partial charge in [0.2, 0.25) is 0 Å². The Morgan fingerprint density at radius 2 is 1.30 bits per heavy atom. The molecule has 4 N–H and O–H groups in total. The van der Waals surface area contributed by atoms with Crippen LogP contribution in [0.4, 0.5) is 0 Å². The summed E-state index contributed by atoms with van der Waals surface area (Å²) in [5.41, 5.74) is 2.46. The van der Waals surface area contributed by atoms with Gasteiger partial charge in [0, 0.05) is 6.42 Å². The third-order valence-corrected chi connectivity index (χ3v) is 3.68.